The van der Waals surface area contributed by atoms with E-state index in [4.69, 9.17) is 0 Å². The number of carbonyl (C=O) groups is 1. The van der Waals surface area contributed by atoms with Crippen molar-refractivity contribution in [2.75, 3.05) is 13.1 Å². The summed E-state index contributed by atoms with van der Waals surface area (Å²) in [5, 5.41) is 30.1. The number of carbonyl (C=O) groups excluding carboxylic acids is 1. The first kappa shape index (κ1) is 26.1. The van der Waals surface area contributed by atoms with Gasteiger partial charge in [0.15, 0.2) is 10.7 Å². The average Bonchev–Trinajstić information content (AvgIpc) is 3.68. The number of hydrogen-bond acceptors (Lipinski definition) is 9. The largest absolute Gasteiger partial charge is 0.338 e. The van der Waals surface area contributed by atoms with Gasteiger partial charge in [-0.2, -0.15) is 5.26 Å². The highest BCUT2D eigenvalue weighted by atomic mass is 32.2. The van der Waals surface area contributed by atoms with E-state index in [0.29, 0.717) is 34.4 Å². The lowest BCUT2D eigenvalue weighted by Crippen LogP contribution is -2.35. The molecule has 2 aromatic carbocycles. The fraction of sp³-hybridized carbons (Fsp3) is 0.192. The van der Waals surface area contributed by atoms with E-state index in [9.17, 15) is 25.0 Å². The average molecular weight is 560 g/mol. The summed E-state index contributed by atoms with van der Waals surface area (Å²) in [5.41, 5.74) is 0.257. The molecule has 13 heteroatoms. The van der Waals surface area contributed by atoms with E-state index < -0.39 is 16.4 Å². The molecule has 196 valence electrons. The van der Waals surface area contributed by atoms with Crippen molar-refractivity contribution >= 4 is 46.3 Å². The van der Waals surface area contributed by atoms with Crippen LogP contribution < -0.4 is 14.8 Å². The van der Waals surface area contributed by atoms with Crippen LogP contribution in [0, 0.1) is 21.4 Å². The summed E-state index contributed by atoms with van der Waals surface area (Å²) in [6.45, 7) is 1.12. The van der Waals surface area contributed by atoms with E-state index in [-0.39, 0.29) is 20.5 Å². The van der Waals surface area contributed by atoms with E-state index in [0.717, 1.165) is 35.9 Å². The van der Waals surface area contributed by atoms with E-state index in [1.165, 1.54) is 23.0 Å². The van der Waals surface area contributed by atoms with Crippen LogP contribution in [0.4, 0.5) is 5.69 Å². The molecule has 1 amide bonds. The van der Waals surface area contributed by atoms with E-state index >= 15 is 0 Å². The zero-order valence-electron chi connectivity index (χ0n) is 20.7. The second-order valence-corrected chi connectivity index (χ2v) is 10.7. The first-order chi connectivity index (χ1) is 18.9. The molecule has 3 heterocycles. The Morgan fingerprint density at radius 2 is 1.95 bits per heavy atom. The van der Waals surface area contributed by atoms with Gasteiger partial charge in [-0.25, -0.2) is 0 Å². The highest BCUT2D eigenvalue weighted by Crippen LogP contribution is 2.34. The number of nitro groups is 1. The van der Waals surface area contributed by atoms with Gasteiger partial charge >= 0.3 is 0 Å². The molecule has 0 unspecified atom stereocenters. The van der Waals surface area contributed by atoms with Crippen molar-refractivity contribution < 1.29 is 9.72 Å². The molecule has 39 heavy (non-hydrogen) atoms. The van der Waals surface area contributed by atoms with Crippen molar-refractivity contribution in [3.8, 4) is 11.8 Å². The van der Waals surface area contributed by atoms with Gasteiger partial charge in [0.05, 0.1) is 20.0 Å². The number of para-hydroxylation sites is 1. The maximum absolute atomic E-state index is 13.6. The van der Waals surface area contributed by atoms with E-state index in [1.807, 2.05) is 6.07 Å². The van der Waals surface area contributed by atoms with Crippen LogP contribution in [0.3, 0.4) is 0 Å². The SMILES string of the molecule is Cn1cnnc1Sc1ccc(/C=c2\s/c(=C(/C#N)C(=O)N3CCCC3)n(-c3ccccc3)c2=O)cc1[N+](=O)[O-]. The topological polar surface area (TPSA) is 140 Å². The van der Waals surface area contributed by atoms with E-state index in [2.05, 4.69) is 10.2 Å². The number of nitriles is 1. The quantitative estimate of drug-likeness (QED) is 0.259. The molecule has 4 aromatic rings. The van der Waals surface area contributed by atoms with Crippen LogP contribution in [0.5, 0.6) is 0 Å². The molecule has 1 aliphatic heterocycles. The Balaban J connectivity index is 1.68. The molecule has 0 radical (unpaired) electrons. The molecule has 5 rings (SSSR count). The van der Waals surface area contributed by atoms with Crippen molar-refractivity contribution in [3.63, 3.8) is 0 Å². The smallest absolute Gasteiger partial charge is 0.283 e. The molecule has 0 bridgehead atoms. The number of rotatable bonds is 6. The lowest BCUT2D eigenvalue weighted by molar-refractivity contribution is -0.387. The van der Waals surface area contributed by atoms with Gasteiger partial charge in [0.2, 0.25) is 0 Å². The summed E-state index contributed by atoms with van der Waals surface area (Å²) in [7, 11) is 1.74. The Kier molecular flexibility index (Phi) is 7.40. The van der Waals surface area contributed by atoms with Crippen LogP contribution in [0.1, 0.15) is 18.4 Å². The molecule has 0 saturated carbocycles. The van der Waals surface area contributed by atoms with Crippen LogP contribution in [0.2, 0.25) is 0 Å². The van der Waals surface area contributed by atoms with Crippen LogP contribution in [0.25, 0.3) is 17.3 Å². The van der Waals surface area contributed by atoms with Gasteiger partial charge in [-0.3, -0.25) is 24.3 Å². The molecular weight excluding hydrogens is 538 g/mol. The number of benzene rings is 2. The van der Waals surface area contributed by atoms with Crippen LogP contribution in [0.15, 0.2) is 69.7 Å². The highest BCUT2D eigenvalue weighted by molar-refractivity contribution is 7.99. The number of thiazole rings is 1. The lowest BCUT2D eigenvalue weighted by Gasteiger charge is -2.14. The Morgan fingerprint density at radius 1 is 1.21 bits per heavy atom. The van der Waals surface area contributed by atoms with Gasteiger partial charge in [0.1, 0.15) is 17.1 Å². The number of hydrogen-bond donors (Lipinski definition) is 0. The Labute approximate surface area is 230 Å². The number of aryl methyl sites for hydroxylation is 1. The van der Waals surface area contributed by atoms with Gasteiger partial charge < -0.3 is 9.47 Å². The molecule has 11 nitrogen and oxygen atoms in total. The fourth-order valence-electron chi connectivity index (χ4n) is 4.19. The monoisotopic (exact) mass is 559 g/mol. The van der Waals surface area contributed by atoms with E-state index in [1.54, 1.807) is 59.0 Å². The number of amides is 1. The Morgan fingerprint density at radius 3 is 2.59 bits per heavy atom. The Hall–Kier alpha value is -4.54. The van der Waals surface area contributed by atoms with Crippen molar-refractivity contribution in [1.82, 2.24) is 24.2 Å². The Bertz CT molecular complexity index is 1800. The molecule has 0 aliphatic carbocycles. The fourth-order valence-corrected chi connectivity index (χ4v) is 6.14. The maximum Gasteiger partial charge on any atom is 0.283 e. The number of likely N-dealkylation sites (tertiary alicyclic amines) is 1. The third kappa shape index (κ3) is 5.25. The summed E-state index contributed by atoms with van der Waals surface area (Å²) in [5.74, 6) is -0.409. The molecule has 0 atom stereocenters. The first-order valence-electron chi connectivity index (χ1n) is 11.9. The second-order valence-electron chi connectivity index (χ2n) is 8.69. The predicted octanol–water partition coefficient (Wildman–Crippen LogP) is 2.21. The molecule has 0 N–H and O–H groups in total. The second kappa shape index (κ2) is 11.1. The normalized spacial score (nSPS) is 14.4. The minimum absolute atomic E-state index is 0.107. The van der Waals surface area contributed by atoms with Gasteiger partial charge in [-0.05, 0) is 54.4 Å². The van der Waals surface area contributed by atoms with Gasteiger partial charge in [-0.15, -0.1) is 21.5 Å². The minimum Gasteiger partial charge on any atom is -0.338 e. The van der Waals surface area contributed by atoms with Gasteiger partial charge in [0.25, 0.3) is 17.2 Å². The predicted molar refractivity (Wildman–Crippen MR) is 146 cm³/mol. The minimum atomic E-state index is -0.492. The summed E-state index contributed by atoms with van der Waals surface area (Å²) in [6, 6.07) is 15.4. The third-order valence-electron chi connectivity index (χ3n) is 6.12. The summed E-state index contributed by atoms with van der Waals surface area (Å²) >= 11 is 2.12. The zero-order valence-corrected chi connectivity index (χ0v) is 22.3. The summed E-state index contributed by atoms with van der Waals surface area (Å²) in [6.07, 6.45) is 4.77. The summed E-state index contributed by atoms with van der Waals surface area (Å²) in [4.78, 5) is 40.2. The molecular formula is C26H21N7O4S2. The molecule has 1 fully saturated rings. The number of nitrogens with zero attached hydrogens (tertiary/aromatic N) is 7. The number of nitro benzene ring substituents is 1. The molecule has 1 saturated heterocycles. The lowest BCUT2D eigenvalue weighted by atomic mass is 10.2. The third-order valence-corrected chi connectivity index (χ3v) is 8.33. The zero-order chi connectivity index (χ0) is 27.5. The molecule has 2 aromatic heterocycles. The van der Waals surface area contributed by atoms with Crippen molar-refractivity contribution in [1.29, 1.82) is 5.26 Å². The van der Waals surface area contributed by atoms with Gasteiger partial charge in [0, 0.05) is 26.2 Å². The molecule has 1 aliphatic rings. The van der Waals surface area contributed by atoms with Crippen molar-refractivity contribution in [2.45, 2.75) is 22.9 Å². The maximum atomic E-state index is 13.6. The highest BCUT2D eigenvalue weighted by Gasteiger charge is 2.25. The van der Waals surface area contributed by atoms with Gasteiger partial charge in [-0.1, -0.05) is 24.3 Å². The molecule has 0 spiro atoms. The standard InChI is InChI=1S/C26H21N7O4S2/c1-30-16-28-29-26(30)39-21-10-9-17(13-20(21)33(36)37)14-22-24(35)32(18-7-3-2-4-8-18)25(38-22)19(15-27)23(34)31-11-5-6-12-31/h2-4,7-10,13-14,16H,5-6,11-12H2,1H3/b22-14-,25-19-. The number of aromatic nitrogens is 4. The summed E-state index contributed by atoms with van der Waals surface area (Å²) < 4.78 is 3.47. The van der Waals surface area contributed by atoms with Crippen LogP contribution >= 0.6 is 23.1 Å². The van der Waals surface area contributed by atoms with Crippen molar-refractivity contribution in [3.05, 3.63) is 90.1 Å². The first-order valence-corrected chi connectivity index (χ1v) is 13.5. The van der Waals surface area contributed by atoms with Crippen LogP contribution in [-0.4, -0.2) is 48.2 Å². The van der Waals surface area contributed by atoms with Crippen LogP contribution in [-0.2, 0) is 11.8 Å². The van der Waals surface area contributed by atoms with Crippen molar-refractivity contribution in [2.24, 2.45) is 7.05 Å².